The summed E-state index contributed by atoms with van der Waals surface area (Å²) in [5, 5.41) is 5.09. The molecule has 0 fully saturated rings. The number of anilines is 2. The van der Waals surface area contributed by atoms with Crippen LogP contribution in [-0.4, -0.2) is 17.7 Å². The van der Waals surface area contributed by atoms with Gasteiger partial charge >= 0.3 is 11.8 Å². The second kappa shape index (κ2) is 5.73. The van der Waals surface area contributed by atoms with E-state index in [4.69, 9.17) is 5.73 Å². The quantitative estimate of drug-likeness (QED) is 0.711. The second-order valence-electron chi connectivity index (χ2n) is 5.51. The Morgan fingerprint density at radius 1 is 1.10 bits per heavy atom. The Morgan fingerprint density at radius 3 is 2.15 bits per heavy atom. The van der Waals surface area contributed by atoms with Crippen LogP contribution in [0.4, 0.5) is 11.4 Å². The minimum atomic E-state index is -1.06. The average Bonchev–Trinajstić information content (AvgIpc) is 2.26. The van der Waals surface area contributed by atoms with Gasteiger partial charge in [-0.2, -0.15) is 0 Å². The van der Waals surface area contributed by atoms with Crippen LogP contribution < -0.4 is 16.4 Å². The van der Waals surface area contributed by atoms with Crippen molar-refractivity contribution in [3.05, 3.63) is 23.8 Å². The topological polar surface area (TPSA) is 101 Å². The van der Waals surface area contributed by atoms with Gasteiger partial charge in [-0.05, 0) is 23.1 Å². The molecule has 0 heterocycles. The molecule has 1 rings (SSSR count). The summed E-state index contributed by atoms with van der Waals surface area (Å²) in [6.07, 6.45) is 0. The summed E-state index contributed by atoms with van der Waals surface area (Å²) in [6.45, 7) is 7.31. The standard InChI is InChI=1S/C14H19N3O3/c1-8(18)16-9-5-6-10(14(2,3)4)11(7-9)17-13(20)12(15)19/h5-7H,1-4H3,(H2,15,19)(H,16,18)(H,17,20). The van der Waals surface area contributed by atoms with Gasteiger partial charge in [0.1, 0.15) is 0 Å². The van der Waals surface area contributed by atoms with Crippen LogP contribution in [0.5, 0.6) is 0 Å². The summed E-state index contributed by atoms with van der Waals surface area (Å²) in [4.78, 5) is 33.4. The number of amides is 3. The van der Waals surface area contributed by atoms with Crippen LogP contribution >= 0.6 is 0 Å². The maximum atomic E-state index is 11.5. The third-order valence-electron chi connectivity index (χ3n) is 2.62. The second-order valence-corrected chi connectivity index (χ2v) is 5.51. The highest BCUT2D eigenvalue weighted by molar-refractivity contribution is 6.39. The molecule has 1 aromatic carbocycles. The van der Waals surface area contributed by atoms with E-state index in [-0.39, 0.29) is 11.3 Å². The first kappa shape index (κ1) is 15.7. The molecule has 0 aromatic heterocycles. The lowest BCUT2D eigenvalue weighted by molar-refractivity contribution is -0.134. The molecule has 6 heteroatoms. The molecule has 0 aliphatic carbocycles. The number of nitrogens with two attached hydrogens (primary N) is 1. The maximum absolute atomic E-state index is 11.5. The van der Waals surface area contributed by atoms with Crippen LogP contribution in [0.3, 0.4) is 0 Å². The molecule has 0 bridgehead atoms. The van der Waals surface area contributed by atoms with E-state index < -0.39 is 11.8 Å². The SMILES string of the molecule is CC(=O)Nc1ccc(C(C)(C)C)c(NC(=O)C(N)=O)c1. The van der Waals surface area contributed by atoms with E-state index in [0.717, 1.165) is 5.56 Å². The minimum Gasteiger partial charge on any atom is -0.361 e. The van der Waals surface area contributed by atoms with Gasteiger partial charge < -0.3 is 16.4 Å². The van der Waals surface area contributed by atoms with Gasteiger partial charge in [0.25, 0.3) is 0 Å². The lowest BCUT2D eigenvalue weighted by Crippen LogP contribution is -2.30. The van der Waals surface area contributed by atoms with Crippen molar-refractivity contribution >= 4 is 29.1 Å². The molecule has 0 radical (unpaired) electrons. The third kappa shape index (κ3) is 4.08. The fourth-order valence-electron chi connectivity index (χ4n) is 1.77. The molecule has 108 valence electrons. The Labute approximate surface area is 117 Å². The van der Waals surface area contributed by atoms with Gasteiger partial charge in [-0.1, -0.05) is 26.8 Å². The van der Waals surface area contributed by atoms with E-state index in [1.807, 2.05) is 20.8 Å². The minimum absolute atomic E-state index is 0.222. The van der Waals surface area contributed by atoms with Crippen LogP contribution in [0.2, 0.25) is 0 Å². The van der Waals surface area contributed by atoms with Crippen molar-refractivity contribution in [1.29, 1.82) is 0 Å². The van der Waals surface area contributed by atoms with Crippen LogP contribution in [0.15, 0.2) is 18.2 Å². The molecule has 0 saturated heterocycles. The molecule has 0 atom stereocenters. The molecule has 0 aliphatic rings. The molecule has 0 unspecified atom stereocenters. The Balaban J connectivity index is 3.22. The Morgan fingerprint density at radius 2 is 1.70 bits per heavy atom. The number of primary amides is 1. The normalized spacial score (nSPS) is 10.8. The van der Waals surface area contributed by atoms with Gasteiger partial charge in [0, 0.05) is 18.3 Å². The predicted octanol–water partition coefficient (Wildman–Crippen LogP) is 1.37. The first-order valence-corrected chi connectivity index (χ1v) is 6.14. The van der Waals surface area contributed by atoms with Crippen molar-refractivity contribution in [1.82, 2.24) is 0 Å². The van der Waals surface area contributed by atoms with Crippen LogP contribution in [-0.2, 0) is 19.8 Å². The third-order valence-corrected chi connectivity index (χ3v) is 2.62. The van der Waals surface area contributed by atoms with Crippen molar-refractivity contribution < 1.29 is 14.4 Å². The molecular weight excluding hydrogens is 258 g/mol. The summed E-state index contributed by atoms with van der Waals surface area (Å²) in [7, 11) is 0. The summed E-state index contributed by atoms with van der Waals surface area (Å²) >= 11 is 0. The predicted molar refractivity (Wildman–Crippen MR) is 77.3 cm³/mol. The van der Waals surface area contributed by atoms with Crippen LogP contribution in [0.1, 0.15) is 33.3 Å². The van der Waals surface area contributed by atoms with Gasteiger partial charge in [-0.25, -0.2) is 0 Å². The monoisotopic (exact) mass is 277 g/mol. The van der Waals surface area contributed by atoms with E-state index >= 15 is 0 Å². The first-order valence-electron chi connectivity index (χ1n) is 6.14. The van der Waals surface area contributed by atoms with Gasteiger partial charge in [0.15, 0.2) is 0 Å². The highest BCUT2D eigenvalue weighted by atomic mass is 16.2. The van der Waals surface area contributed by atoms with Gasteiger partial charge in [0.05, 0.1) is 0 Å². The zero-order valence-electron chi connectivity index (χ0n) is 12.0. The average molecular weight is 277 g/mol. The highest BCUT2D eigenvalue weighted by Crippen LogP contribution is 2.31. The summed E-state index contributed by atoms with van der Waals surface area (Å²) in [6, 6.07) is 5.13. The van der Waals surface area contributed by atoms with Crippen LogP contribution in [0, 0.1) is 0 Å². The summed E-state index contributed by atoms with van der Waals surface area (Å²) in [5.74, 6) is -2.18. The van der Waals surface area contributed by atoms with Crippen molar-refractivity contribution in [2.45, 2.75) is 33.1 Å². The molecule has 0 spiro atoms. The molecular formula is C14H19N3O3. The Hall–Kier alpha value is -2.37. The molecule has 0 aliphatic heterocycles. The Kier molecular flexibility index (Phi) is 4.49. The lowest BCUT2D eigenvalue weighted by Gasteiger charge is -2.23. The molecule has 6 nitrogen and oxygen atoms in total. The number of hydrogen-bond acceptors (Lipinski definition) is 3. The van der Waals surface area contributed by atoms with Crippen molar-refractivity contribution in [2.75, 3.05) is 10.6 Å². The number of benzene rings is 1. The van der Waals surface area contributed by atoms with Crippen molar-refractivity contribution in [3.63, 3.8) is 0 Å². The lowest BCUT2D eigenvalue weighted by atomic mass is 9.85. The van der Waals surface area contributed by atoms with E-state index in [1.165, 1.54) is 6.92 Å². The molecule has 20 heavy (non-hydrogen) atoms. The largest absolute Gasteiger partial charge is 0.361 e. The van der Waals surface area contributed by atoms with E-state index in [1.54, 1.807) is 18.2 Å². The van der Waals surface area contributed by atoms with Gasteiger partial charge in [0.2, 0.25) is 5.91 Å². The fourth-order valence-corrected chi connectivity index (χ4v) is 1.77. The summed E-state index contributed by atoms with van der Waals surface area (Å²) < 4.78 is 0. The fraction of sp³-hybridized carbons (Fsp3) is 0.357. The van der Waals surface area contributed by atoms with Gasteiger partial charge in [-0.15, -0.1) is 0 Å². The smallest absolute Gasteiger partial charge is 0.313 e. The molecule has 0 saturated carbocycles. The number of nitrogens with one attached hydrogen (secondary N) is 2. The number of hydrogen-bond donors (Lipinski definition) is 3. The zero-order chi connectivity index (χ0) is 15.5. The van der Waals surface area contributed by atoms with E-state index in [9.17, 15) is 14.4 Å². The van der Waals surface area contributed by atoms with Gasteiger partial charge in [-0.3, -0.25) is 14.4 Å². The first-order chi connectivity index (χ1) is 9.11. The van der Waals surface area contributed by atoms with E-state index in [0.29, 0.717) is 11.4 Å². The maximum Gasteiger partial charge on any atom is 0.313 e. The molecule has 4 N–H and O–H groups in total. The number of rotatable bonds is 2. The van der Waals surface area contributed by atoms with Crippen LogP contribution in [0.25, 0.3) is 0 Å². The molecule has 1 aromatic rings. The molecule has 3 amide bonds. The number of carbonyl (C=O) groups is 3. The van der Waals surface area contributed by atoms with E-state index in [2.05, 4.69) is 10.6 Å². The van der Waals surface area contributed by atoms with Crippen molar-refractivity contribution in [2.24, 2.45) is 5.73 Å². The highest BCUT2D eigenvalue weighted by Gasteiger charge is 2.21. The number of carbonyl (C=O) groups excluding carboxylic acids is 3. The summed E-state index contributed by atoms with van der Waals surface area (Å²) in [5.41, 5.74) is 6.52. The zero-order valence-corrected chi connectivity index (χ0v) is 12.0. The Bertz CT molecular complexity index is 559. The van der Waals surface area contributed by atoms with Crippen molar-refractivity contribution in [3.8, 4) is 0 Å².